The minimum absolute atomic E-state index is 0.0315. The number of hydrogen-bond donors (Lipinski definition) is 2. The Kier molecular flexibility index (Phi) is 7.85. The molecule has 43 heavy (non-hydrogen) atoms. The molecule has 1 atom stereocenters. The van der Waals surface area contributed by atoms with E-state index in [0.29, 0.717) is 37.7 Å². The minimum atomic E-state index is -0.994. The Morgan fingerprint density at radius 1 is 1.02 bits per heavy atom. The number of carbonyl (C=O) groups is 3. The van der Waals surface area contributed by atoms with E-state index in [0.717, 1.165) is 21.4 Å². The van der Waals surface area contributed by atoms with Crippen molar-refractivity contribution in [2.45, 2.75) is 44.2 Å². The zero-order valence-corrected chi connectivity index (χ0v) is 23.6. The van der Waals surface area contributed by atoms with Crippen molar-refractivity contribution >= 4 is 29.4 Å². The summed E-state index contributed by atoms with van der Waals surface area (Å²) < 4.78 is 15.8. The molecular formula is C30H27ClFN7O4. The van der Waals surface area contributed by atoms with Crippen LogP contribution in [0.15, 0.2) is 61.3 Å². The first-order valence-electron chi connectivity index (χ1n) is 13.9. The number of fused-ring (bicyclic) bond motifs is 1. The van der Waals surface area contributed by atoms with Crippen molar-refractivity contribution in [2.24, 2.45) is 5.92 Å². The van der Waals surface area contributed by atoms with Gasteiger partial charge in [-0.2, -0.15) is 0 Å². The van der Waals surface area contributed by atoms with E-state index in [2.05, 4.69) is 25.6 Å². The first kappa shape index (κ1) is 28.4. The fourth-order valence-electron chi connectivity index (χ4n) is 5.94. The van der Waals surface area contributed by atoms with E-state index in [4.69, 9.17) is 11.6 Å². The summed E-state index contributed by atoms with van der Waals surface area (Å²) in [6.45, 7) is 0.207. The van der Waals surface area contributed by atoms with E-state index in [-0.39, 0.29) is 34.9 Å². The molecule has 1 unspecified atom stereocenters. The average molecular weight is 604 g/mol. The lowest BCUT2D eigenvalue weighted by Crippen LogP contribution is -2.50. The predicted molar refractivity (Wildman–Crippen MR) is 153 cm³/mol. The van der Waals surface area contributed by atoms with Gasteiger partial charge in [-0.3, -0.25) is 14.4 Å². The normalized spacial score (nSPS) is 19.9. The van der Waals surface area contributed by atoms with Crippen molar-refractivity contribution in [3.8, 4) is 16.8 Å². The second-order valence-corrected chi connectivity index (χ2v) is 11.1. The van der Waals surface area contributed by atoms with Crippen LogP contribution in [0.25, 0.3) is 16.8 Å². The zero-order valence-electron chi connectivity index (χ0n) is 22.9. The van der Waals surface area contributed by atoms with Gasteiger partial charge in [-0.15, -0.1) is 5.10 Å². The van der Waals surface area contributed by atoms with Crippen molar-refractivity contribution in [1.82, 2.24) is 35.2 Å². The number of nitrogens with zero attached hydrogens (tertiary/aromatic N) is 6. The molecule has 0 saturated heterocycles. The van der Waals surface area contributed by atoms with Crippen LogP contribution in [-0.2, 0) is 16.0 Å². The lowest BCUT2D eigenvalue weighted by molar-refractivity contribution is -0.142. The van der Waals surface area contributed by atoms with Crippen LogP contribution in [0.4, 0.5) is 4.39 Å². The molecule has 6 rings (SSSR count). The molecular weight excluding hydrogens is 577 g/mol. The van der Waals surface area contributed by atoms with Crippen LogP contribution < -0.4 is 5.32 Å². The van der Waals surface area contributed by atoms with Gasteiger partial charge in [-0.1, -0.05) is 41.1 Å². The number of amides is 2. The van der Waals surface area contributed by atoms with E-state index < -0.39 is 29.7 Å². The molecule has 3 heterocycles. The van der Waals surface area contributed by atoms with E-state index in [1.54, 1.807) is 18.5 Å². The van der Waals surface area contributed by atoms with Gasteiger partial charge in [0.1, 0.15) is 18.1 Å². The summed E-state index contributed by atoms with van der Waals surface area (Å²) in [7, 11) is 0. The van der Waals surface area contributed by atoms with Gasteiger partial charge in [-0.05, 0) is 60.9 Å². The molecule has 2 aromatic heterocycles. The summed E-state index contributed by atoms with van der Waals surface area (Å²) in [5.41, 5.74) is 3.19. The molecule has 2 N–H and O–H groups in total. The summed E-state index contributed by atoms with van der Waals surface area (Å²) >= 11 is 5.92. The number of carboxylic acid groups (broad SMARTS) is 1. The Hall–Kier alpha value is -4.71. The topological polar surface area (TPSA) is 143 Å². The van der Waals surface area contributed by atoms with Crippen molar-refractivity contribution in [1.29, 1.82) is 0 Å². The largest absolute Gasteiger partial charge is 0.481 e. The maximum Gasteiger partial charge on any atom is 0.306 e. The molecule has 11 nitrogen and oxygen atoms in total. The Labute approximate surface area is 250 Å². The maximum atomic E-state index is 14.6. The number of carbonyl (C=O) groups excluding carboxylic acids is 2. The van der Waals surface area contributed by atoms with Crippen molar-refractivity contribution in [3.63, 3.8) is 0 Å². The lowest BCUT2D eigenvalue weighted by atomic mass is 9.84. The predicted octanol–water partition coefficient (Wildman–Crippen LogP) is 4.02. The number of benzene rings is 2. The first-order chi connectivity index (χ1) is 20.8. The van der Waals surface area contributed by atoms with Crippen LogP contribution in [0, 0.1) is 11.7 Å². The molecule has 0 bridgehead atoms. The Morgan fingerprint density at radius 3 is 2.51 bits per heavy atom. The van der Waals surface area contributed by atoms with Gasteiger partial charge in [-0.25, -0.2) is 19.0 Å². The summed E-state index contributed by atoms with van der Waals surface area (Å²) in [4.78, 5) is 49.0. The highest BCUT2D eigenvalue weighted by molar-refractivity contribution is 6.30. The van der Waals surface area contributed by atoms with Gasteiger partial charge in [0.05, 0.1) is 17.1 Å². The molecule has 2 aromatic carbocycles. The molecule has 0 radical (unpaired) electrons. The Morgan fingerprint density at radius 2 is 1.77 bits per heavy atom. The highest BCUT2D eigenvalue weighted by atomic mass is 35.5. The number of nitrogens with one attached hydrogen (secondary N) is 1. The maximum absolute atomic E-state index is 14.6. The van der Waals surface area contributed by atoms with Gasteiger partial charge < -0.3 is 15.3 Å². The van der Waals surface area contributed by atoms with Crippen molar-refractivity contribution in [3.05, 3.63) is 89.0 Å². The molecule has 1 aliphatic heterocycles. The van der Waals surface area contributed by atoms with Crippen LogP contribution in [0.3, 0.4) is 0 Å². The summed E-state index contributed by atoms with van der Waals surface area (Å²) in [5, 5.41) is 20.3. The number of aliphatic carboxylic acids is 1. The van der Waals surface area contributed by atoms with Gasteiger partial charge in [0, 0.05) is 30.5 Å². The number of rotatable bonds is 6. The summed E-state index contributed by atoms with van der Waals surface area (Å²) in [6, 6.07) is 8.80. The number of hydrogen-bond acceptors (Lipinski definition) is 7. The lowest BCUT2D eigenvalue weighted by Gasteiger charge is -2.38. The summed E-state index contributed by atoms with van der Waals surface area (Å²) in [6.07, 6.45) is 8.58. The Bertz CT molecular complexity index is 1690. The molecule has 0 spiro atoms. The van der Waals surface area contributed by atoms with Crippen LogP contribution in [-0.4, -0.2) is 65.3 Å². The van der Waals surface area contributed by atoms with Gasteiger partial charge >= 0.3 is 5.97 Å². The molecule has 2 aliphatic rings. The fraction of sp³-hybridized carbons (Fsp3) is 0.300. The van der Waals surface area contributed by atoms with Crippen molar-refractivity contribution in [2.75, 3.05) is 6.54 Å². The second-order valence-electron chi connectivity index (χ2n) is 10.7. The quantitative estimate of drug-likeness (QED) is 0.336. The van der Waals surface area contributed by atoms with E-state index in [1.807, 2.05) is 18.2 Å². The van der Waals surface area contributed by atoms with Crippen LogP contribution >= 0.6 is 11.6 Å². The molecule has 1 aliphatic carbocycles. The van der Waals surface area contributed by atoms with E-state index in [9.17, 15) is 23.9 Å². The fourth-order valence-corrected chi connectivity index (χ4v) is 6.11. The second kappa shape index (κ2) is 11.9. The average Bonchev–Trinajstić information content (AvgIpc) is 3.52. The highest BCUT2D eigenvalue weighted by Crippen LogP contribution is 2.37. The molecule has 4 aromatic rings. The van der Waals surface area contributed by atoms with E-state index in [1.165, 1.54) is 29.6 Å². The third-order valence-electron chi connectivity index (χ3n) is 8.12. The van der Waals surface area contributed by atoms with Gasteiger partial charge in [0.15, 0.2) is 11.5 Å². The number of halogens is 2. The molecule has 220 valence electrons. The third-order valence-corrected chi connectivity index (χ3v) is 8.41. The molecule has 1 fully saturated rings. The summed E-state index contributed by atoms with van der Waals surface area (Å²) in [5.74, 6) is -2.87. The van der Waals surface area contributed by atoms with Crippen molar-refractivity contribution < 1.29 is 23.9 Å². The van der Waals surface area contributed by atoms with Gasteiger partial charge in [0.25, 0.3) is 5.91 Å². The number of carboxylic acids is 1. The smallest absolute Gasteiger partial charge is 0.306 e. The van der Waals surface area contributed by atoms with Crippen LogP contribution in [0.5, 0.6) is 0 Å². The molecule has 1 saturated carbocycles. The third kappa shape index (κ3) is 5.57. The highest BCUT2D eigenvalue weighted by Gasteiger charge is 2.39. The zero-order chi connectivity index (χ0) is 30.1. The minimum Gasteiger partial charge on any atom is -0.481 e. The van der Waals surface area contributed by atoms with E-state index >= 15 is 0 Å². The molecule has 13 heteroatoms. The number of aromatic nitrogens is 5. The molecule has 2 amide bonds. The Balaban J connectivity index is 1.33. The van der Waals surface area contributed by atoms with Crippen LogP contribution in [0.1, 0.15) is 53.3 Å². The standard InChI is InChI=1S/C30H27ClFN7O4/c31-23-5-2-6-25(26(23)32)39-15-24(36-37-39)29(41)38-12-11-21-20(18-13-33-16-34-14-18)3-1-4-22(21)27(38)28(40)35-19-9-7-17(8-10-19)30(42)43/h1-6,13-17,19,27H,7-12H2,(H,35,40)(H,42,43)/t17-,19+,27?. The SMILES string of the molecule is O=C(N[C@H]1CC[C@@H](C(=O)O)CC1)C1c2cccc(-c3cncnc3)c2CCN1C(=O)c1cn(-c2cccc(Cl)c2F)nn1. The first-order valence-corrected chi connectivity index (χ1v) is 14.3. The monoisotopic (exact) mass is 603 g/mol. The van der Waals surface area contributed by atoms with Gasteiger partial charge in [0.2, 0.25) is 5.91 Å². The van der Waals surface area contributed by atoms with Crippen LogP contribution in [0.2, 0.25) is 5.02 Å².